The number of Topliss-reactive ketones (excluding diaryl/α,β-unsaturated/α-hetero) is 1. The van der Waals surface area contributed by atoms with Gasteiger partial charge in [-0.05, 0) is 44.2 Å². The number of nitrogens with zero attached hydrogens (tertiary/aromatic N) is 1. The van der Waals surface area contributed by atoms with Gasteiger partial charge in [-0.25, -0.2) is 4.79 Å². The molecule has 2 aliphatic heterocycles. The Morgan fingerprint density at radius 2 is 1.70 bits per heavy atom. The highest BCUT2D eigenvalue weighted by molar-refractivity contribution is 8.00. The molecule has 2 fully saturated rings. The summed E-state index contributed by atoms with van der Waals surface area (Å²) < 4.78 is 20.8. The van der Waals surface area contributed by atoms with Crippen molar-refractivity contribution in [3.63, 3.8) is 0 Å². The van der Waals surface area contributed by atoms with Crippen molar-refractivity contribution in [1.82, 2.24) is 16.0 Å². The van der Waals surface area contributed by atoms with Crippen LogP contribution in [0.2, 0.25) is 0 Å². The number of unbranched alkanes of at least 4 members (excludes halogenated alkanes) is 4. The van der Waals surface area contributed by atoms with Gasteiger partial charge in [0.05, 0.1) is 28.7 Å². The number of hydrogen-bond donors (Lipinski definition) is 3. The van der Waals surface area contributed by atoms with Gasteiger partial charge in [-0.15, -0.1) is 0 Å². The fourth-order valence-electron chi connectivity index (χ4n) is 5.19. The van der Waals surface area contributed by atoms with E-state index in [0.717, 1.165) is 51.4 Å². The number of fused-ring (bicyclic) bond motifs is 1. The monoisotopic (exact) mass is 687 g/mol. The predicted octanol–water partition coefficient (Wildman–Crippen LogP) is 6.09. The number of nitrogens with one attached hydrogen (secondary N) is 3. The smallest absolute Gasteiger partial charge is 0.315 e. The summed E-state index contributed by atoms with van der Waals surface area (Å²) in [5.41, 5.74) is 0.313. The first-order valence-electron chi connectivity index (χ1n) is 16.3. The van der Waals surface area contributed by atoms with Crippen LogP contribution in [0.5, 0.6) is 0 Å². The van der Waals surface area contributed by atoms with Crippen LogP contribution in [0.4, 0.5) is 10.5 Å². The summed E-state index contributed by atoms with van der Waals surface area (Å²) in [6, 6.07) is 4.53. The average molecular weight is 688 g/mol. The molecule has 5 atom stereocenters. The molecular weight excluding hydrogens is 635 g/mol. The molecule has 0 radical (unpaired) electrons. The van der Waals surface area contributed by atoms with Gasteiger partial charge in [-0.2, -0.15) is 11.8 Å². The van der Waals surface area contributed by atoms with E-state index in [9.17, 15) is 34.0 Å². The Balaban J connectivity index is 0.00000254. The van der Waals surface area contributed by atoms with Gasteiger partial charge in [0.25, 0.3) is 13.5 Å². The number of hydrogen-bond acceptors (Lipinski definition) is 10. The first kappa shape index (κ1) is 41.5. The van der Waals surface area contributed by atoms with Crippen molar-refractivity contribution >= 4 is 43.0 Å². The fourth-order valence-corrected chi connectivity index (χ4v) is 7.32. The number of benzene rings is 1. The number of rotatable bonds is 19. The van der Waals surface area contributed by atoms with Gasteiger partial charge in [0.2, 0.25) is 5.91 Å². The molecule has 1 aromatic carbocycles. The van der Waals surface area contributed by atoms with Crippen molar-refractivity contribution in [2.75, 3.05) is 12.9 Å². The molecule has 0 bridgehead atoms. The topological polar surface area (TPSA) is 189 Å². The second kappa shape index (κ2) is 22.1. The second-order valence-electron chi connectivity index (χ2n) is 10.6. The Hall–Kier alpha value is -2.51. The molecule has 5 unspecified atom stereocenters. The van der Waals surface area contributed by atoms with Crippen molar-refractivity contribution in [3.8, 4) is 0 Å². The van der Waals surface area contributed by atoms with Crippen LogP contribution in [0.3, 0.4) is 0 Å². The van der Waals surface area contributed by atoms with Crippen LogP contribution in [0, 0.1) is 10.1 Å². The van der Waals surface area contributed by atoms with E-state index >= 15 is 0 Å². The lowest BCUT2D eigenvalue weighted by Crippen LogP contribution is -2.36. The van der Waals surface area contributed by atoms with Crippen molar-refractivity contribution in [3.05, 3.63) is 39.4 Å². The summed E-state index contributed by atoms with van der Waals surface area (Å²) in [7, 11) is -3.67. The molecule has 262 valence electrons. The minimum Gasteiger partial charge on any atom is -0.756 e. The largest absolute Gasteiger partial charge is 0.756 e. The van der Waals surface area contributed by atoms with E-state index < -0.39 is 18.8 Å². The zero-order valence-electron chi connectivity index (χ0n) is 28.0. The van der Waals surface area contributed by atoms with Crippen LogP contribution in [0.15, 0.2) is 18.2 Å². The van der Waals surface area contributed by atoms with E-state index in [4.69, 9.17) is 4.52 Å². The molecule has 0 aliphatic carbocycles. The van der Waals surface area contributed by atoms with Crippen LogP contribution >= 0.6 is 19.6 Å². The molecular formula is C31H52N4O9PS-. The minimum absolute atomic E-state index is 0.0528. The molecule has 0 aromatic heterocycles. The van der Waals surface area contributed by atoms with Crippen LogP contribution in [-0.4, -0.2) is 52.8 Å². The summed E-state index contributed by atoms with van der Waals surface area (Å²) >= 11 is 1.89. The number of urea groups is 1. The van der Waals surface area contributed by atoms with Crippen molar-refractivity contribution in [1.29, 1.82) is 0 Å². The highest BCUT2D eigenvalue weighted by atomic mass is 32.2. The lowest BCUT2D eigenvalue weighted by Gasteiger charge is -2.24. The number of ketones is 1. The summed E-state index contributed by atoms with van der Waals surface area (Å²) in [4.78, 5) is 58.3. The van der Waals surface area contributed by atoms with E-state index in [1.807, 2.05) is 39.5 Å². The molecule has 2 aliphatic rings. The highest BCUT2D eigenvalue weighted by Gasteiger charge is 2.42. The van der Waals surface area contributed by atoms with Gasteiger partial charge < -0.3 is 29.9 Å². The van der Waals surface area contributed by atoms with Crippen LogP contribution in [0.25, 0.3) is 0 Å². The Morgan fingerprint density at radius 1 is 1.07 bits per heavy atom. The third kappa shape index (κ3) is 14.5. The molecule has 2 heterocycles. The van der Waals surface area contributed by atoms with Gasteiger partial charge in [0, 0.05) is 50.0 Å². The third-order valence-electron chi connectivity index (χ3n) is 7.47. The summed E-state index contributed by atoms with van der Waals surface area (Å²) in [5.74, 6) is 1.04. The lowest BCUT2D eigenvalue weighted by atomic mass is 10.0. The molecule has 13 nitrogen and oxygen atoms in total. The van der Waals surface area contributed by atoms with E-state index in [1.54, 1.807) is 0 Å². The number of amides is 3. The van der Waals surface area contributed by atoms with E-state index in [2.05, 4.69) is 20.5 Å². The number of nitro benzene ring substituents is 1. The van der Waals surface area contributed by atoms with Crippen LogP contribution in [0.1, 0.15) is 116 Å². The molecule has 3 amide bonds. The average Bonchev–Trinajstić information content (AvgIpc) is 3.60. The quantitative estimate of drug-likeness (QED) is 0.0504. The molecule has 0 saturated carbocycles. The molecule has 0 spiro atoms. The number of carbonyl (C=O) groups excluding carboxylic acids is 3. The summed E-state index contributed by atoms with van der Waals surface area (Å²) in [6.45, 7) is 9.49. The van der Waals surface area contributed by atoms with E-state index in [1.165, 1.54) is 25.1 Å². The van der Waals surface area contributed by atoms with E-state index in [-0.39, 0.29) is 47.6 Å². The number of thioether (sulfide) groups is 1. The van der Waals surface area contributed by atoms with Gasteiger partial charge >= 0.3 is 6.03 Å². The summed E-state index contributed by atoms with van der Waals surface area (Å²) in [6.07, 6.45) is 6.29. The number of phosphoric ester groups is 1. The van der Waals surface area contributed by atoms with Crippen molar-refractivity contribution in [2.45, 2.75) is 129 Å². The van der Waals surface area contributed by atoms with Crippen molar-refractivity contribution < 1.29 is 37.8 Å². The molecule has 46 heavy (non-hydrogen) atoms. The van der Waals surface area contributed by atoms with Gasteiger partial charge in [0.1, 0.15) is 5.78 Å². The number of phosphoric acid groups is 1. The zero-order chi connectivity index (χ0) is 34.7. The molecule has 3 rings (SSSR count). The maximum absolute atomic E-state index is 12.3. The standard InChI is InChI=1S/C27H41N4O9PS.2C2H6/c1-18(40-41(37,38)39-2)21-15-19(13-14-23(21)31(35)36)16-28-25(33)12-6-4-3-5-9-20(32)10-7-8-11-24-26-22(17-42-24)29-27(34)30-26;2*1-2/h13-15,18,22,24,26H,3-12,16-17H2,1-2H3,(H,28,33)(H,37,38)(H2,29,30,34);2*1-2H3/p-1. The summed E-state index contributed by atoms with van der Waals surface area (Å²) in [5, 5.41) is 20.5. The first-order chi connectivity index (χ1) is 22.0. The Bertz CT molecular complexity index is 1170. The SMILES string of the molecule is CC.CC.COP(=O)([O-])OC(C)c1cc(CNC(=O)CCCCCCC(=O)CCCCC2SCC3NC(=O)NC32)ccc1[N+](=O)[O-]. The van der Waals surface area contributed by atoms with Gasteiger partial charge in [0.15, 0.2) is 0 Å². The van der Waals surface area contributed by atoms with Crippen LogP contribution < -0.4 is 20.8 Å². The number of carbonyl (C=O) groups is 3. The van der Waals surface area contributed by atoms with Crippen LogP contribution in [-0.2, 0) is 29.7 Å². The lowest BCUT2D eigenvalue weighted by molar-refractivity contribution is -0.386. The van der Waals surface area contributed by atoms with Gasteiger partial charge in [-0.1, -0.05) is 53.0 Å². The highest BCUT2D eigenvalue weighted by Crippen LogP contribution is 2.44. The molecule has 2 saturated heterocycles. The minimum atomic E-state index is -4.61. The fraction of sp³-hybridized carbons (Fsp3) is 0.710. The molecule has 3 N–H and O–H groups in total. The third-order valence-corrected chi connectivity index (χ3v) is 10.00. The molecule has 15 heteroatoms. The Morgan fingerprint density at radius 3 is 2.33 bits per heavy atom. The maximum atomic E-state index is 12.3. The second-order valence-corrected chi connectivity index (χ2v) is 13.4. The Labute approximate surface area is 277 Å². The predicted molar refractivity (Wildman–Crippen MR) is 178 cm³/mol. The maximum Gasteiger partial charge on any atom is 0.315 e. The first-order valence-corrected chi connectivity index (χ1v) is 18.8. The Kier molecular flexibility index (Phi) is 20.0. The van der Waals surface area contributed by atoms with E-state index in [0.29, 0.717) is 36.5 Å². The normalized spacial score (nSPS) is 20.0. The molecule has 1 aromatic rings. The zero-order valence-corrected chi connectivity index (χ0v) is 29.7. The number of nitro groups is 1. The van der Waals surface area contributed by atoms with Gasteiger partial charge in [-0.3, -0.25) is 24.3 Å². The van der Waals surface area contributed by atoms with Crippen molar-refractivity contribution in [2.24, 2.45) is 0 Å².